The van der Waals surface area contributed by atoms with Gasteiger partial charge in [0, 0.05) is 35.5 Å². The third-order valence-electron chi connectivity index (χ3n) is 5.99. The molecule has 5 rings (SSSR count). The van der Waals surface area contributed by atoms with Gasteiger partial charge in [-0.2, -0.15) is 0 Å². The number of pyridine rings is 1. The molecule has 156 valence electrons. The Balaban J connectivity index is 1.65. The van der Waals surface area contributed by atoms with Crippen LogP contribution in [0.2, 0.25) is 0 Å². The van der Waals surface area contributed by atoms with Crippen LogP contribution in [0.3, 0.4) is 0 Å². The number of hydrogen-bond acceptors (Lipinski definition) is 6. The van der Waals surface area contributed by atoms with Crippen molar-refractivity contribution in [1.29, 1.82) is 0 Å². The van der Waals surface area contributed by atoms with Crippen LogP contribution in [0.15, 0.2) is 61.7 Å². The summed E-state index contributed by atoms with van der Waals surface area (Å²) in [6.07, 6.45) is 7.17. The van der Waals surface area contributed by atoms with E-state index in [1.54, 1.807) is 4.90 Å². The van der Waals surface area contributed by atoms with Crippen molar-refractivity contribution in [2.24, 2.45) is 0 Å². The normalized spacial score (nSPS) is 18.7. The summed E-state index contributed by atoms with van der Waals surface area (Å²) in [4.78, 5) is 27.2. The number of anilines is 1. The van der Waals surface area contributed by atoms with Crippen LogP contribution in [-0.4, -0.2) is 54.6 Å². The number of amides is 1. The predicted octanol–water partition coefficient (Wildman–Crippen LogP) is 2.55. The van der Waals surface area contributed by atoms with E-state index < -0.39 is 0 Å². The van der Waals surface area contributed by atoms with Gasteiger partial charge < -0.3 is 20.3 Å². The first kappa shape index (κ1) is 19.2. The smallest absolute Gasteiger partial charge is 0.246 e. The maximum Gasteiger partial charge on any atom is 0.246 e. The highest BCUT2D eigenvalue weighted by molar-refractivity contribution is 6.01. The molecule has 0 spiro atoms. The summed E-state index contributed by atoms with van der Waals surface area (Å²) in [5, 5.41) is 11.6. The Labute approximate surface area is 178 Å². The number of aromatic nitrogens is 4. The number of carbonyl (C=O) groups is 1. The molecular formula is C23H22N6O2. The predicted molar refractivity (Wildman–Crippen MR) is 119 cm³/mol. The van der Waals surface area contributed by atoms with Crippen LogP contribution in [-0.2, 0) is 4.79 Å². The van der Waals surface area contributed by atoms with Gasteiger partial charge in [0.05, 0.1) is 29.6 Å². The number of fused-ring (bicyclic) bond motifs is 2. The molecule has 3 N–H and O–H groups in total. The first-order valence-corrected chi connectivity index (χ1v) is 10.1. The van der Waals surface area contributed by atoms with Crippen molar-refractivity contribution in [3.8, 4) is 11.1 Å². The molecule has 4 aromatic rings. The molecule has 8 heteroatoms. The molecule has 1 aliphatic rings. The van der Waals surface area contributed by atoms with Gasteiger partial charge in [0.15, 0.2) is 0 Å². The number of para-hydroxylation sites is 1. The van der Waals surface area contributed by atoms with Crippen LogP contribution in [0, 0.1) is 0 Å². The molecule has 0 bridgehead atoms. The topological polar surface area (TPSA) is 110 Å². The summed E-state index contributed by atoms with van der Waals surface area (Å²) in [6.45, 7) is 3.93. The third-order valence-corrected chi connectivity index (χ3v) is 5.99. The van der Waals surface area contributed by atoms with Crippen LogP contribution in [0.25, 0.3) is 33.1 Å². The number of nitrogens with zero attached hydrogens (tertiary/aromatic N) is 5. The SMILES string of the molecule is C=CC(=O)N1C[C@H](n2cc(-c3cnc4ccccc4c3)c3c(N)ncnc32)C[C@@H]1CO. The number of aliphatic hydroxyl groups excluding tert-OH is 1. The summed E-state index contributed by atoms with van der Waals surface area (Å²) in [5.74, 6) is 0.203. The van der Waals surface area contributed by atoms with Crippen molar-refractivity contribution in [3.63, 3.8) is 0 Å². The minimum atomic E-state index is -0.266. The fourth-order valence-corrected chi connectivity index (χ4v) is 4.48. The fraction of sp³-hybridized carbons (Fsp3) is 0.217. The number of hydrogen-bond donors (Lipinski definition) is 2. The molecule has 1 fully saturated rings. The summed E-state index contributed by atoms with van der Waals surface area (Å²) in [7, 11) is 0. The minimum Gasteiger partial charge on any atom is -0.394 e. The highest BCUT2D eigenvalue weighted by atomic mass is 16.3. The molecule has 31 heavy (non-hydrogen) atoms. The quantitative estimate of drug-likeness (QED) is 0.497. The molecular weight excluding hydrogens is 392 g/mol. The van der Waals surface area contributed by atoms with Crippen LogP contribution >= 0.6 is 0 Å². The Morgan fingerprint density at radius 2 is 2.13 bits per heavy atom. The van der Waals surface area contributed by atoms with Gasteiger partial charge in [-0.25, -0.2) is 9.97 Å². The van der Waals surface area contributed by atoms with E-state index in [1.165, 1.54) is 12.4 Å². The standard InChI is InChI=1S/C23H22N6O2/c1-2-20(31)28-10-16(8-17(28)12-30)29-11-18(21-22(24)26-13-27-23(21)29)15-7-14-5-3-4-6-19(14)25-9-15/h2-7,9,11,13,16-17,30H,1,8,10,12H2,(H2,24,26,27)/t16-,17-/m1/s1. The lowest BCUT2D eigenvalue weighted by atomic mass is 10.1. The monoisotopic (exact) mass is 414 g/mol. The van der Waals surface area contributed by atoms with E-state index in [2.05, 4.69) is 27.6 Å². The fourth-order valence-electron chi connectivity index (χ4n) is 4.48. The van der Waals surface area contributed by atoms with Crippen molar-refractivity contribution in [3.05, 3.63) is 61.7 Å². The maximum absolute atomic E-state index is 12.3. The van der Waals surface area contributed by atoms with Crippen molar-refractivity contribution >= 4 is 33.7 Å². The third kappa shape index (κ3) is 3.12. The second-order valence-electron chi connectivity index (χ2n) is 7.74. The number of nitrogen functional groups attached to an aromatic ring is 1. The Morgan fingerprint density at radius 3 is 2.94 bits per heavy atom. The largest absolute Gasteiger partial charge is 0.394 e. The van der Waals surface area contributed by atoms with Crippen LogP contribution in [0.4, 0.5) is 5.82 Å². The summed E-state index contributed by atoms with van der Waals surface area (Å²) in [5.41, 5.74) is 9.69. The second kappa shape index (κ2) is 7.48. The van der Waals surface area contributed by atoms with Crippen molar-refractivity contribution < 1.29 is 9.90 Å². The van der Waals surface area contributed by atoms with Gasteiger partial charge in [-0.1, -0.05) is 24.8 Å². The highest BCUT2D eigenvalue weighted by Gasteiger charge is 2.36. The van der Waals surface area contributed by atoms with E-state index in [0.717, 1.165) is 27.4 Å². The summed E-state index contributed by atoms with van der Waals surface area (Å²) >= 11 is 0. The molecule has 8 nitrogen and oxygen atoms in total. The maximum atomic E-state index is 12.3. The molecule has 2 atom stereocenters. The average Bonchev–Trinajstić information content (AvgIpc) is 3.40. The highest BCUT2D eigenvalue weighted by Crippen LogP contribution is 2.38. The molecule has 3 aromatic heterocycles. The Kier molecular flexibility index (Phi) is 4.63. The second-order valence-corrected chi connectivity index (χ2v) is 7.74. The molecule has 1 saturated heterocycles. The van der Waals surface area contributed by atoms with Crippen LogP contribution in [0.1, 0.15) is 12.5 Å². The van der Waals surface area contributed by atoms with E-state index >= 15 is 0 Å². The molecule has 1 aromatic carbocycles. The van der Waals surface area contributed by atoms with E-state index in [0.29, 0.717) is 24.4 Å². The van der Waals surface area contributed by atoms with Gasteiger partial charge in [0.25, 0.3) is 0 Å². The Hall–Kier alpha value is -3.78. The molecule has 0 aliphatic carbocycles. The van der Waals surface area contributed by atoms with Crippen LogP contribution < -0.4 is 5.73 Å². The van der Waals surface area contributed by atoms with Gasteiger partial charge in [-0.05, 0) is 24.6 Å². The first-order chi connectivity index (χ1) is 15.1. The van der Waals surface area contributed by atoms with E-state index in [9.17, 15) is 9.90 Å². The van der Waals surface area contributed by atoms with Gasteiger partial charge in [-0.3, -0.25) is 9.78 Å². The van der Waals surface area contributed by atoms with Crippen molar-refractivity contribution in [1.82, 2.24) is 24.4 Å². The zero-order chi connectivity index (χ0) is 21.5. The van der Waals surface area contributed by atoms with Gasteiger partial charge >= 0.3 is 0 Å². The summed E-state index contributed by atoms with van der Waals surface area (Å²) < 4.78 is 2.04. The number of carbonyl (C=O) groups excluding carboxylic acids is 1. The van der Waals surface area contributed by atoms with E-state index in [1.807, 2.05) is 41.2 Å². The van der Waals surface area contributed by atoms with E-state index in [-0.39, 0.29) is 24.6 Å². The minimum absolute atomic E-state index is 0.0555. The lowest BCUT2D eigenvalue weighted by Gasteiger charge is -2.20. The molecule has 4 heterocycles. The molecule has 1 amide bonds. The number of benzene rings is 1. The number of rotatable bonds is 4. The van der Waals surface area contributed by atoms with Gasteiger partial charge in [0.2, 0.25) is 5.91 Å². The van der Waals surface area contributed by atoms with Crippen molar-refractivity contribution in [2.75, 3.05) is 18.9 Å². The lowest BCUT2D eigenvalue weighted by molar-refractivity contribution is -0.127. The summed E-state index contributed by atoms with van der Waals surface area (Å²) in [6, 6.07) is 9.68. The van der Waals surface area contributed by atoms with Crippen molar-refractivity contribution in [2.45, 2.75) is 18.5 Å². The average molecular weight is 414 g/mol. The molecule has 0 radical (unpaired) electrons. The van der Waals surface area contributed by atoms with Gasteiger partial charge in [-0.15, -0.1) is 0 Å². The van der Waals surface area contributed by atoms with Gasteiger partial charge in [0.1, 0.15) is 17.8 Å². The Bertz CT molecular complexity index is 1310. The lowest BCUT2D eigenvalue weighted by Crippen LogP contribution is -2.36. The number of aliphatic hydroxyl groups is 1. The molecule has 1 aliphatic heterocycles. The molecule has 0 unspecified atom stereocenters. The zero-order valence-electron chi connectivity index (χ0n) is 16.8. The van der Waals surface area contributed by atoms with Crippen LogP contribution in [0.5, 0.6) is 0 Å². The first-order valence-electron chi connectivity index (χ1n) is 10.1. The zero-order valence-corrected chi connectivity index (χ0v) is 16.8. The van der Waals surface area contributed by atoms with E-state index in [4.69, 9.17) is 5.73 Å². The Morgan fingerprint density at radius 1 is 1.29 bits per heavy atom. The number of nitrogens with two attached hydrogens (primary N) is 1. The molecule has 0 saturated carbocycles. The number of likely N-dealkylation sites (tertiary alicyclic amines) is 1.